The van der Waals surface area contributed by atoms with Crippen LogP contribution in [-0.2, 0) is 11.3 Å². The molecule has 1 aromatic heterocycles. The molecule has 0 spiro atoms. The number of hydrogen-bond acceptors (Lipinski definition) is 5. The van der Waals surface area contributed by atoms with Gasteiger partial charge in [0.2, 0.25) is 0 Å². The summed E-state index contributed by atoms with van der Waals surface area (Å²) in [5.74, 6) is -0.367. The molecule has 0 bridgehead atoms. The summed E-state index contributed by atoms with van der Waals surface area (Å²) in [4.78, 5) is 13.9. The molecule has 0 aliphatic rings. The Morgan fingerprint density at radius 3 is 2.85 bits per heavy atom. The van der Waals surface area contributed by atoms with Crippen molar-refractivity contribution in [1.82, 2.24) is 0 Å². The Labute approximate surface area is 117 Å². The average Bonchev–Trinajstić information content (AvgIpc) is 2.91. The van der Waals surface area contributed by atoms with Crippen LogP contribution >= 0.6 is 0 Å². The maximum absolute atomic E-state index is 12.0. The number of benzene rings is 1. The molecule has 106 valence electrons. The van der Waals surface area contributed by atoms with Crippen molar-refractivity contribution in [1.29, 1.82) is 0 Å². The molecule has 5 nitrogen and oxygen atoms in total. The molecular formula is C15H18N2O3. The SMILES string of the molecule is CCOC(=O)c1cccc(N)c1N(C)Cc1ccoc1. The van der Waals surface area contributed by atoms with E-state index in [2.05, 4.69) is 0 Å². The molecule has 2 N–H and O–H groups in total. The maximum atomic E-state index is 12.0. The molecule has 0 atom stereocenters. The van der Waals surface area contributed by atoms with Crippen LogP contribution in [0.15, 0.2) is 41.2 Å². The largest absolute Gasteiger partial charge is 0.472 e. The Balaban J connectivity index is 2.31. The summed E-state index contributed by atoms with van der Waals surface area (Å²) in [6.45, 7) is 2.70. The van der Waals surface area contributed by atoms with Crippen LogP contribution in [0.3, 0.4) is 0 Å². The molecule has 0 saturated heterocycles. The highest BCUT2D eigenvalue weighted by molar-refractivity contribution is 5.99. The average molecular weight is 274 g/mol. The minimum absolute atomic E-state index is 0.332. The zero-order chi connectivity index (χ0) is 14.5. The Morgan fingerprint density at radius 2 is 2.20 bits per heavy atom. The number of nitrogen functional groups attached to an aromatic ring is 1. The predicted octanol–water partition coefficient (Wildman–Crippen LogP) is 2.67. The van der Waals surface area contributed by atoms with Gasteiger partial charge in [-0.15, -0.1) is 0 Å². The Kier molecular flexibility index (Phi) is 4.30. The summed E-state index contributed by atoms with van der Waals surface area (Å²) in [6.07, 6.45) is 3.28. The molecule has 0 aliphatic heterocycles. The first-order chi connectivity index (χ1) is 9.63. The monoisotopic (exact) mass is 274 g/mol. The van der Waals surface area contributed by atoms with Gasteiger partial charge in [-0.1, -0.05) is 6.07 Å². The predicted molar refractivity (Wildman–Crippen MR) is 77.6 cm³/mol. The van der Waals surface area contributed by atoms with Gasteiger partial charge in [0, 0.05) is 19.2 Å². The summed E-state index contributed by atoms with van der Waals surface area (Å²) >= 11 is 0. The number of furan rings is 1. The van der Waals surface area contributed by atoms with E-state index in [1.54, 1.807) is 37.6 Å². The third-order valence-corrected chi connectivity index (χ3v) is 2.94. The van der Waals surface area contributed by atoms with E-state index >= 15 is 0 Å². The van der Waals surface area contributed by atoms with Gasteiger partial charge in [0.25, 0.3) is 0 Å². The van der Waals surface area contributed by atoms with E-state index < -0.39 is 0 Å². The molecule has 2 aromatic rings. The summed E-state index contributed by atoms with van der Waals surface area (Å²) in [6, 6.07) is 7.11. The van der Waals surface area contributed by atoms with Gasteiger partial charge in [0.15, 0.2) is 0 Å². The van der Waals surface area contributed by atoms with Gasteiger partial charge in [0.1, 0.15) is 0 Å². The second kappa shape index (κ2) is 6.14. The van der Waals surface area contributed by atoms with Crippen LogP contribution in [0.2, 0.25) is 0 Å². The van der Waals surface area contributed by atoms with E-state index in [1.807, 2.05) is 18.0 Å². The van der Waals surface area contributed by atoms with E-state index in [0.717, 1.165) is 5.56 Å². The van der Waals surface area contributed by atoms with E-state index in [9.17, 15) is 4.79 Å². The van der Waals surface area contributed by atoms with E-state index in [0.29, 0.717) is 30.1 Å². The molecule has 0 fully saturated rings. The van der Waals surface area contributed by atoms with Gasteiger partial charge in [-0.2, -0.15) is 0 Å². The molecule has 1 aromatic carbocycles. The molecule has 2 rings (SSSR count). The zero-order valence-corrected chi connectivity index (χ0v) is 11.6. The highest BCUT2D eigenvalue weighted by Gasteiger charge is 2.18. The van der Waals surface area contributed by atoms with Gasteiger partial charge >= 0.3 is 5.97 Å². The van der Waals surface area contributed by atoms with E-state index in [1.165, 1.54) is 0 Å². The van der Waals surface area contributed by atoms with E-state index in [-0.39, 0.29) is 5.97 Å². The smallest absolute Gasteiger partial charge is 0.340 e. The van der Waals surface area contributed by atoms with Crippen molar-refractivity contribution in [2.75, 3.05) is 24.3 Å². The number of ether oxygens (including phenoxy) is 1. The Morgan fingerprint density at radius 1 is 1.40 bits per heavy atom. The number of nitrogens with two attached hydrogens (primary N) is 1. The van der Waals surface area contributed by atoms with Crippen LogP contribution < -0.4 is 10.6 Å². The first kappa shape index (κ1) is 14.0. The summed E-state index contributed by atoms with van der Waals surface area (Å²) < 4.78 is 10.1. The number of esters is 1. The van der Waals surface area contributed by atoms with Crippen LogP contribution in [0, 0.1) is 0 Å². The summed E-state index contributed by atoms with van der Waals surface area (Å²) in [5.41, 5.74) is 8.70. The van der Waals surface area contributed by atoms with Crippen molar-refractivity contribution in [2.45, 2.75) is 13.5 Å². The van der Waals surface area contributed by atoms with Gasteiger partial charge in [0.05, 0.1) is 36.1 Å². The molecule has 5 heteroatoms. The second-order valence-electron chi connectivity index (χ2n) is 4.45. The van der Waals surface area contributed by atoms with Gasteiger partial charge in [-0.3, -0.25) is 0 Å². The van der Waals surface area contributed by atoms with Gasteiger partial charge in [-0.05, 0) is 25.1 Å². The molecule has 1 heterocycles. The van der Waals surface area contributed by atoms with Crippen molar-refractivity contribution >= 4 is 17.3 Å². The molecule has 0 unspecified atom stereocenters. The Hall–Kier alpha value is -2.43. The third kappa shape index (κ3) is 2.93. The number of para-hydroxylation sites is 1. The topological polar surface area (TPSA) is 68.7 Å². The number of carbonyl (C=O) groups excluding carboxylic acids is 1. The lowest BCUT2D eigenvalue weighted by Crippen LogP contribution is -2.21. The summed E-state index contributed by atoms with van der Waals surface area (Å²) in [5, 5.41) is 0. The maximum Gasteiger partial charge on any atom is 0.340 e. The number of carbonyl (C=O) groups is 1. The van der Waals surface area contributed by atoms with Gasteiger partial charge in [-0.25, -0.2) is 4.79 Å². The number of rotatable bonds is 5. The molecule has 0 saturated carbocycles. The molecular weight excluding hydrogens is 256 g/mol. The standard InChI is InChI=1S/C15H18N2O3/c1-3-20-15(18)12-5-4-6-13(16)14(12)17(2)9-11-7-8-19-10-11/h4-8,10H,3,9,16H2,1-2H3. The third-order valence-electron chi connectivity index (χ3n) is 2.94. The molecule has 0 amide bonds. The number of nitrogens with zero attached hydrogens (tertiary/aromatic N) is 1. The fourth-order valence-electron chi connectivity index (χ4n) is 2.10. The quantitative estimate of drug-likeness (QED) is 0.670. The van der Waals surface area contributed by atoms with Crippen LogP contribution in [0.4, 0.5) is 11.4 Å². The van der Waals surface area contributed by atoms with E-state index in [4.69, 9.17) is 14.9 Å². The molecule has 0 radical (unpaired) electrons. The fourth-order valence-corrected chi connectivity index (χ4v) is 2.10. The van der Waals surface area contributed by atoms with Crippen LogP contribution in [0.25, 0.3) is 0 Å². The minimum Gasteiger partial charge on any atom is -0.472 e. The lowest BCUT2D eigenvalue weighted by molar-refractivity contribution is 0.0527. The van der Waals surface area contributed by atoms with Crippen molar-refractivity contribution in [3.05, 3.63) is 47.9 Å². The lowest BCUT2D eigenvalue weighted by atomic mass is 10.1. The fraction of sp³-hybridized carbons (Fsp3) is 0.267. The highest BCUT2D eigenvalue weighted by Crippen LogP contribution is 2.29. The number of hydrogen-bond donors (Lipinski definition) is 1. The first-order valence-corrected chi connectivity index (χ1v) is 6.41. The lowest BCUT2D eigenvalue weighted by Gasteiger charge is -2.23. The normalized spacial score (nSPS) is 10.3. The van der Waals surface area contributed by atoms with Crippen LogP contribution in [0.1, 0.15) is 22.8 Å². The van der Waals surface area contributed by atoms with Gasteiger partial charge < -0.3 is 19.8 Å². The van der Waals surface area contributed by atoms with Crippen LogP contribution in [0.5, 0.6) is 0 Å². The molecule has 0 aliphatic carbocycles. The Bertz CT molecular complexity index is 579. The van der Waals surface area contributed by atoms with Crippen molar-refractivity contribution in [2.24, 2.45) is 0 Å². The number of anilines is 2. The summed E-state index contributed by atoms with van der Waals surface area (Å²) in [7, 11) is 1.88. The highest BCUT2D eigenvalue weighted by atomic mass is 16.5. The van der Waals surface area contributed by atoms with Crippen LogP contribution in [-0.4, -0.2) is 19.6 Å². The second-order valence-corrected chi connectivity index (χ2v) is 4.45. The van der Waals surface area contributed by atoms with Crippen molar-refractivity contribution in [3.8, 4) is 0 Å². The van der Waals surface area contributed by atoms with Crippen molar-refractivity contribution < 1.29 is 13.9 Å². The zero-order valence-electron chi connectivity index (χ0n) is 11.6. The van der Waals surface area contributed by atoms with Crippen molar-refractivity contribution in [3.63, 3.8) is 0 Å². The molecule has 20 heavy (non-hydrogen) atoms. The minimum atomic E-state index is -0.367. The first-order valence-electron chi connectivity index (χ1n) is 6.41.